The number of halogens is 1. The molecule has 0 saturated carbocycles. The van der Waals surface area contributed by atoms with E-state index in [1.807, 2.05) is 0 Å². The van der Waals surface area contributed by atoms with Gasteiger partial charge in [0, 0.05) is 12.6 Å². The Balaban J connectivity index is 2.39. The average Bonchev–Trinajstić information content (AvgIpc) is 2.17. The highest BCUT2D eigenvalue weighted by atomic mass is 35.5. The molecule has 0 bridgehead atoms. The van der Waals surface area contributed by atoms with Crippen LogP contribution < -0.4 is 5.32 Å². The molecule has 0 aliphatic carbocycles. The molecule has 1 N–H and O–H groups in total. The van der Waals surface area contributed by atoms with Gasteiger partial charge in [0.1, 0.15) is 11.9 Å². The van der Waals surface area contributed by atoms with Crippen LogP contribution in [0.2, 0.25) is 0 Å². The van der Waals surface area contributed by atoms with Gasteiger partial charge in [0.2, 0.25) is 0 Å². The van der Waals surface area contributed by atoms with Crippen LogP contribution in [0.1, 0.15) is 6.92 Å². The molecule has 12 heavy (non-hydrogen) atoms. The first-order chi connectivity index (χ1) is 5.75. The number of hydrogen-bond donors (Lipinski definition) is 1. The number of nitrogens with one attached hydrogen (secondary N) is 1. The summed E-state index contributed by atoms with van der Waals surface area (Å²) in [5.74, 6) is -0.678. The maximum atomic E-state index is 11.0. The van der Waals surface area contributed by atoms with E-state index in [9.17, 15) is 4.79 Å². The fourth-order valence-electron chi connectivity index (χ4n) is 1.14. The molecule has 70 valence electrons. The van der Waals surface area contributed by atoms with E-state index in [1.165, 1.54) is 0 Å². The number of morpholine rings is 1. The highest BCUT2D eigenvalue weighted by Crippen LogP contribution is 2.09. The number of rotatable bonds is 2. The first kappa shape index (κ1) is 9.77. The van der Waals surface area contributed by atoms with Gasteiger partial charge in [-0.15, -0.1) is 0 Å². The lowest BCUT2D eigenvalue weighted by atomic mass is 10.0. The van der Waals surface area contributed by atoms with Gasteiger partial charge in [0.05, 0.1) is 19.1 Å². The predicted octanol–water partition coefficient (Wildman–Crippen LogP) is 0.308. The second-order valence-electron chi connectivity index (χ2n) is 2.82. The third kappa shape index (κ3) is 2.33. The maximum absolute atomic E-state index is 11.0. The summed E-state index contributed by atoms with van der Waals surface area (Å²) in [6.07, 6.45) is 0. The Kier molecular flexibility index (Phi) is 3.78. The number of carbonyl (C=O) groups is 1. The molecule has 1 aliphatic heterocycles. The molecular weight excluding hydrogens is 182 g/mol. The minimum absolute atomic E-state index is 0.0185. The van der Waals surface area contributed by atoms with Crippen molar-refractivity contribution in [3.05, 3.63) is 0 Å². The molecule has 1 heterocycles. The van der Waals surface area contributed by atoms with Gasteiger partial charge in [-0.05, 0) is 0 Å². The number of hydrogen-bond acceptors (Lipinski definition) is 4. The molecule has 0 aromatic carbocycles. The molecule has 0 aromatic rings. The van der Waals surface area contributed by atoms with Gasteiger partial charge in [0.25, 0.3) is 0 Å². The third-order valence-electron chi connectivity index (χ3n) is 2.00. The standard InChI is InChI=1S/C7H12ClNO3/c1-5(7(10)12-8)6-4-11-3-2-9-6/h5-6,9H,2-4H2,1H3. The monoisotopic (exact) mass is 193 g/mol. The second kappa shape index (κ2) is 4.64. The Morgan fingerprint density at radius 1 is 1.83 bits per heavy atom. The molecule has 0 aromatic heterocycles. The summed E-state index contributed by atoms with van der Waals surface area (Å²) in [6.45, 7) is 3.76. The van der Waals surface area contributed by atoms with E-state index in [0.29, 0.717) is 13.2 Å². The molecule has 2 atom stereocenters. The van der Waals surface area contributed by atoms with Crippen LogP contribution >= 0.6 is 11.9 Å². The average molecular weight is 194 g/mol. The first-order valence-corrected chi connectivity index (χ1v) is 4.20. The Morgan fingerprint density at radius 3 is 3.08 bits per heavy atom. The van der Waals surface area contributed by atoms with Crippen LogP contribution in [-0.4, -0.2) is 31.8 Å². The molecule has 4 nitrogen and oxygen atoms in total. The summed E-state index contributed by atoms with van der Waals surface area (Å²) < 4.78 is 9.29. The summed E-state index contributed by atoms with van der Waals surface area (Å²) in [5, 5.41) is 3.15. The van der Waals surface area contributed by atoms with E-state index in [0.717, 1.165) is 6.54 Å². The van der Waals surface area contributed by atoms with Gasteiger partial charge in [-0.2, -0.15) is 0 Å². The van der Waals surface area contributed by atoms with Gasteiger partial charge >= 0.3 is 5.97 Å². The molecule has 0 amide bonds. The van der Waals surface area contributed by atoms with Crippen LogP contribution in [0.25, 0.3) is 0 Å². The van der Waals surface area contributed by atoms with Crippen molar-refractivity contribution in [1.29, 1.82) is 0 Å². The van der Waals surface area contributed by atoms with Crippen LogP contribution in [0.15, 0.2) is 0 Å². The minimum atomic E-state index is -0.417. The van der Waals surface area contributed by atoms with Crippen molar-refractivity contribution in [1.82, 2.24) is 5.32 Å². The maximum Gasteiger partial charge on any atom is 0.329 e. The predicted molar refractivity (Wildman–Crippen MR) is 43.7 cm³/mol. The highest BCUT2D eigenvalue weighted by Gasteiger charge is 2.26. The molecule has 2 unspecified atom stereocenters. The zero-order valence-corrected chi connectivity index (χ0v) is 7.63. The molecule has 1 saturated heterocycles. The minimum Gasteiger partial charge on any atom is -0.378 e. The molecule has 0 spiro atoms. The molecule has 0 radical (unpaired) electrons. The first-order valence-electron chi connectivity index (χ1n) is 3.89. The van der Waals surface area contributed by atoms with Gasteiger partial charge in [-0.3, -0.25) is 4.79 Å². The summed E-state index contributed by atoms with van der Waals surface area (Å²) in [4.78, 5) is 11.0. The normalized spacial score (nSPS) is 26.3. The summed E-state index contributed by atoms with van der Waals surface area (Å²) in [7, 11) is 0. The van der Waals surface area contributed by atoms with Crippen molar-refractivity contribution < 1.29 is 13.8 Å². The fraction of sp³-hybridized carbons (Fsp3) is 0.857. The van der Waals surface area contributed by atoms with Crippen molar-refractivity contribution in [2.75, 3.05) is 19.8 Å². The smallest absolute Gasteiger partial charge is 0.329 e. The fourth-order valence-corrected chi connectivity index (χ4v) is 1.28. The van der Waals surface area contributed by atoms with Crippen molar-refractivity contribution >= 4 is 17.8 Å². The molecule has 1 fully saturated rings. The Bertz CT molecular complexity index is 159. The van der Waals surface area contributed by atoms with Gasteiger partial charge < -0.3 is 14.3 Å². The number of ether oxygens (including phenoxy) is 1. The van der Waals surface area contributed by atoms with Crippen LogP contribution in [-0.2, 0) is 13.8 Å². The van der Waals surface area contributed by atoms with Gasteiger partial charge in [-0.1, -0.05) is 6.92 Å². The zero-order valence-electron chi connectivity index (χ0n) is 6.88. The van der Waals surface area contributed by atoms with Crippen LogP contribution in [0.5, 0.6) is 0 Å². The SMILES string of the molecule is CC(C(=O)OCl)C1COCCN1. The van der Waals surface area contributed by atoms with Crippen molar-refractivity contribution in [3.63, 3.8) is 0 Å². The van der Waals surface area contributed by atoms with Gasteiger partial charge in [-0.25, -0.2) is 0 Å². The Morgan fingerprint density at radius 2 is 2.58 bits per heavy atom. The molecule has 1 rings (SSSR count). The lowest BCUT2D eigenvalue weighted by molar-refractivity contribution is -0.140. The van der Waals surface area contributed by atoms with Crippen molar-refractivity contribution in [2.45, 2.75) is 13.0 Å². The zero-order chi connectivity index (χ0) is 8.97. The van der Waals surface area contributed by atoms with E-state index < -0.39 is 5.97 Å². The van der Waals surface area contributed by atoms with E-state index in [-0.39, 0.29) is 12.0 Å². The molecular formula is C7H12ClNO3. The van der Waals surface area contributed by atoms with Crippen LogP contribution in [0.3, 0.4) is 0 Å². The van der Waals surface area contributed by atoms with E-state index in [1.54, 1.807) is 6.92 Å². The van der Waals surface area contributed by atoms with E-state index in [2.05, 4.69) is 9.61 Å². The van der Waals surface area contributed by atoms with E-state index in [4.69, 9.17) is 16.6 Å². The lowest BCUT2D eigenvalue weighted by Gasteiger charge is -2.26. The second-order valence-corrected chi connectivity index (χ2v) is 2.97. The van der Waals surface area contributed by atoms with Crippen LogP contribution in [0.4, 0.5) is 0 Å². The van der Waals surface area contributed by atoms with Crippen molar-refractivity contribution in [3.8, 4) is 0 Å². The largest absolute Gasteiger partial charge is 0.378 e. The van der Waals surface area contributed by atoms with Gasteiger partial charge in [0.15, 0.2) is 0 Å². The summed E-state index contributed by atoms with van der Waals surface area (Å²) >= 11 is 4.95. The van der Waals surface area contributed by atoms with Crippen molar-refractivity contribution in [2.24, 2.45) is 5.92 Å². The topological polar surface area (TPSA) is 47.6 Å². The Labute approximate surface area is 76.3 Å². The highest BCUT2D eigenvalue weighted by molar-refractivity contribution is 6.13. The third-order valence-corrected chi connectivity index (χ3v) is 2.15. The Hall–Kier alpha value is -0.320. The molecule has 1 aliphatic rings. The van der Waals surface area contributed by atoms with E-state index >= 15 is 0 Å². The van der Waals surface area contributed by atoms with Crippen LogP contribution in [0, 0.1) is 5.92 Å². The molecule has 5 heteroatoms. The number of carbonyl (C=O) groups excluding carboxylic acids is 1. The quantitative estimate of drug-likeness (QED) is 0.686. The summed E-state index contributed by atoms with van der Waals surface area (Å²) in [6, 6.07) is 0.0185. The lowest BCUT2D eigenvalue weighted by Crippen LogP contribution is -2.47. The summed E-state index contributed by atoms with van der Waals surface area (Å²) in [5.41, 5.74) is 0.